The molecule has 0 saturated carbocycles. The Morgan fingerprint density at radius 1 is 1.22 bits per heavy atom. The van der Waals surface area contributed by atoms with E-state index in [1.54, 1.807) is 6.07 Å². The molecule has 2 fully saturated rings. The molecule has 0 radical (unpaired) electrons. The van der Waals surface area contributed by atoms with Crippen molar-refractivity contribution in [1.29, 1.82) is 0 Å². The fraction of sp³-hybridized carbons (Fsp3) is 0.579. The Morgan fingerprint density at radius 3 is 2.89 bits per heavy atom. The van der Waals surface area contributed by atoms with Crippen LogP contribution in [-0.4, -0.2) is 58.8 Å². The lowest BCUT2D eigenvalue weighted by Gasteiger charge is -2.26. The molecule has 2 aromatic rings. The first-order valence-electron chi connectivity index (χ1n) is 9.50. The van der Waals surface area contributed by atoms with Crippen LogP contribution < -0.4 is 0 Å². The van der Waals surface area contributed by atoms with Crippen LogP contribution in [0.25, 0.3) is 11.3 Å². The van der Waals surface area contributed by atoms with E-state index in [0.29, 0.717) is 28.8 Å². The first kappa shape index (κ1) is 17.6. The Bertz CT molecular complexity index is 839. The second-order valence-corrected chi connectivity index (χ2v) is 8.05. The minimum absolute atomic E-state index is 0.135. The van der Waals surface area contributed by atoms with Gasteiger partial charge in [0.2, 0.25) is 0 Å². The lowest BCUT2D eigenvalue weighted by molar-refractivity contribution is -0.00571. The Hall–Kier alpha value is -1.54. The van der Waals surface area contributed by atoms with Crippen molar-refractivity contribution in [3.8, 4) is 11.3 Å². The molecule has 3 aliphatic heterocycles. The number of halogens is 2. The largest absolute Gasteiger partial charge is 0.381 e. The van der Waals surface area contributed by atoms with Gasteiger partial charge < -0.3 is 9.47 Å². The molecule has 1 aromatic heterocycles. The van der Waals surface area contributed by atoms with E-state index in [-0.39, 0.29) is 18.0 Å². The van der Waals surface area contributed by atoms with Gasteiger partial charge in [0.1, 0.15) is 11.5 Å². The normalized spacial score (nSPS) is 26.1. The smallest absolute Gasteiger partial charge is 0.124 e. The SMILES string of the molecule is Fc1ccc(-c2nnn3c2CO[C@H]2CN(CC4CCOCC4)C[C@@H]23)c(Cl)c1. The summed E-state index contributed by atoms with van der Waals surface area (Å²) >= 11 is 6.23. The van der Waals surface area contributed by atoms with Crippen LogP contribution in [-0.2, 0) is 16.1 Å². The minimum Gasteiger partial charge on any atom is -0.381 e. The minimum atomic E-state index is -0.361. The van der Waals surface area contributed by atoms with Gasteiger partial charge in [-0.3, -0.25) is 4.90 Å². The molecule has 1 aromatic carbocycles. The second kappa shape index (κ2) is 7.13. The summed E-state index contributed by atoms with van der Waals surface area (Å²) in [5.74, 6) is 0.336. The molecule has 3 aliphatic rings. The Kier molecular flexibility index (Phi) is 4.63. The van der Waals surface area contributed by atoms with Crippen molar-refractivity contribution in [2.45, 2.75) is 31.6 Å². The summed E-state index contributed by atoms with van der Waals surface area (Å²) in [6, 6.07) is 4.51. The van der Waals surface area contributed by atoms with Crippen LogP contribution in [0.1, 0.15) is 24.6 Å². The molecule has 8 heteroatoms. The summed E-state index contributed by atoms with van der Waals surface area (Å²) in [6.07, 6.45) is 2.40. The lowest BCUT2D eigenvalue weighted by atomic mass is 10.00. The van der Waals surface area contributed by atoms with Crippen molar-refractivity contribution in [3.05, 3.63) is 34.7 Å². The quantitative estimate of drug-likeness (QED) is 0.803. The third-order valence-electron chi connectivity index (χ3n) is 5.90. The van der Waals surface area contributed by atoms with Crippen molar-refractivity contribution in [2.75, 3.05) is 32.8 Å². The fourth-order valence-corrected chi connectivity index (χ4v) is 4.72. The molecule has 0 bridgehead atoms. The van der Waals surface area contributed by atoms with E-state index in [9.17, 15) is 4.39 Å². The zero-order valence-corrected chi connectivity index (χ0v) is 15.7. The highest BCUT2D eigenvalue weighted by molar-refractivity contribution is 6.33. The molecular weight excluding hydrogens is 371 g/mol. The number of likely N-dealkylation sites (tertiary alicyclic amines) is 1. The monoisotopic (exact) mass is 392 g/mol. The molecule has 4 heterocycles. The first-order valence-corrected chi connectivity index (χ1v) is 9.88. The van der Waals surface area contributed by atoms with Gasteiger partial charge in [-0.1, -0.05) is 16.8 Å². The number of benzene rings is 1. The fourth-order valence-electron chi connectivity index (χ4n) is 4.47. The molecule has 0 spiro atoms. The van der Waals surface area contributed by atoms with Crippen molar-refractivity contribution < 1.29 is 13.9 Å². The standard InChI is InChI=1S/C19H22ClFN4O2/c20-15-7-13(21)1-2-14(15)19-17-11-27-18-10-24(8-12-3-5-26-6-4-12)9-16(18)25(17)23-22-19/h1-2,7,12,16,18H,3-6,8-11H2/t16-,18-/m0/s1. The van der Waals surface area contributed by atoms with Crippen LogP contribution >= 0.6 is 11.6 Å². The maximum atomic E-state index is 13.4. The molecule has 0 aliphatic carbocycles. The predicted molar refractivity (Wildman–Crippen MR) is 98.0 cm³/mol. The first-order chi connectivity index (χ1) is 13.2. The van der Waals surface area contributed by atoms with Crippen molar-refractivity contribution in [3.63, 3.8) is 0 Å². The van der Waals surface area contributed by atoms with Gasteiger partial charge in [-0.2, -0.15) is 0 Å². The number of fused-ring (bicyclic) bond motifs is 3. The van der Waals surface area contributed by atoms with Gasteiger partial charge in [-0.15, -0.1) is 5.10 Å². The van der Waals surface area contributed by atoms with E-state index < -0.39 is 0 Å². The lowest BCUT2D eigenvalue weighted by Crippen LogP contribution is -2.32. The van der Waals surface area contributed by atoms with Gasteiger partial charge in [-0.05, 0) is 37.0 Å². The highest BCUT2D eigenvalue weighted by atomic mass is 35.5. The van der Waals surface area contributed by atoms with E-state index in [0.717, 1.165) is 51.4 Å². The molecule has 2 atom stereocenters. The molecule has 0 N–H and O–H groups in total. The number of nitrogens with zero attached hydrogens (tertiary/aromatic N) is 4. The molecule has 2 saturated heterocycles. The highest BCUT2D eigenvalue weighted by Gasteiger charge is 2.41. The van der Waals surface area contributed by atoms with Crippen LogP contribution in [0, 0.1) is 11.7 Å². The highest BCUT2D eigenvalue weighted by Crippen LogP contribution is 2.37. The summed E-state index contributed by atoms with van der Waals surface area (Å²) in [4.78, 5) is 2.48. The third-order valence-corrected chi connectivity index (χ3v) is 6.21. The molecule has 27 heavy (non-hydrogen) atoms. The van der Waals surface area contributed by atoms with Crippen LogP contribution in [0.4, 0.5) is 4.39 Å². The number of aromatic nitrogens is 3. The molecule has 144 valence electrons. The molecule has 0 amide bonds. The van der Waals surface area contributed by atoms with Crippen LogP contribution in [0.3, 0.4) is 0 Å². The van der Waals surface area contributed by atoms with Gasteiger partial charge in [0.15, 0.2) is 0 Å². The Balaban J connectivity index is 1.36. The number of hydrogen-bond donors (Lipinski definition) is 0. The van der Waals surface area contributed by atoms with E-state index in [4.69, 9.17) is 21.1 Å². The van der Waals surface area contributed by atoms with E-state index in [1.165, 1.54) is 12.1 Å². The van der Waals surface area contributed by atoms with Crippen LogP contribution in [0.5, 0.6) is 0 Å². The van der Waals surface area contributed by atoms with Gasteiger partial charge >= 0.3 is 0 Å². The maximum absolute atomic E-state index is 13.4. The topological polar surface area (TPSA) is 52.4 Å². The van der Waals surface area contributed by atoms with Gasteiger partial charge in [0.05, 0.1) is 29.5 Å². The predicted octanol–water partition coefficient (Wildman–Crippen LogP) is 2.92. The van der Waals surface area contributed by atoms with E-state index in [1.807, 2.05) is 4.68 Å². The molecular formula is C19H22ClFN4O2. The third kappa shape index (κ3) is 3.27. The number of ether oxygens (including phenoxy) is 2. The zero-order chi connectivity index (χ0) is 18.4. The van der Waals surface area contributed by atoms with Gasteiger partial charge in [0, 0.05) is 38.4 Å². The number of hydrogen-bond acceptors (Lipinski definition) is 5. The summed E-state index contributed by atoms with van der Waals surface area (Å²) in [6.45, 7) is 5.11. The van der Waals surface area contributed by atoms with Crippen molar-refractivity contribution >= 4 is 11.6 Å². The van der Waals surface area contributed by atoms with Gasteiger partial charge in [-0.25, -0.2) is 9.07 Å². The molecule has 0 unspecified atom stereocenters. The summed E-state index contributed by atoms with van der Waals surface area (Å²) in [5.41, 5.74) is 2.29. The Morgan fingerprint density at radius 2 is 2.07 bits per heavy atom. The second-order valence-electron chi connectivity index (χ2n) is 7.64. The van der Waals surface area contributed by atoms with Crippen molar-refractivity contribution in [1.82, 2.24) is 19.9 Å². The molecule has 5 rings (SSSR count). The molecule has 6 nitrogen and oxygen atoms in total. The average molecular weight is 393 g/mol. The Labute approximate surface area is 162 Å². The maximum Gasteiger partial charge on any atom is 0.124 e. The summed E-state index contributed by atoms with van der Waals surface area (Å²) < 4.78 is 27.0. The van der Waals surface area contributed by atoms with E-state index in [2.05, 4.69) is 15.2 Å². The van der Waals surface area contributed by atoms with Gasteiger partial charge in [0.25, 0.3) is 0 Å². The zero-order valence-electron chi connectivity index (χ0n) is 15.0. The summed E-state index contributed by atoms with van der Waals surface area (Å²) in [7, 11) is 0. The summed E-state index contributed by atoms with van der Waals surface area (Å²) in [5, 5.41) is 9.10. The average Bonchev–Trinajstić information content (AvgIpc) is 3.26. The number of rotatable bonds is 3. The van der Waals surface area contributed by atoms with E-state index >= 15 is 0 Å². The van der Waals surface area contributed by atoms with Crippen molar-refractivity contribution in [2.24, 2.45) is 5.92 Å². The van der Waals surface area contributed by atoms with Crippen LogP contribution in [0.15, 0.2) is 18.2 Å². The van der Waals surface area contributed by atoms with Crippen LogP contribution in [0.2, 0.25) is 5.02 Å².